The van der Waals surface area contributed by atoms with Crippen molar-refractivity contribution in [3.8, 4) is 0 Å². The largest absolute Gasteiger partial charge is 0.134 e. The molecular weight excluding hydrogens is 187 g/mol. The molecule has 1 saturated carbocycles. The summed E-state index contributed by atoms with van der Waals surface area (Å²) in [4.78, 5) is 0. The monoisotopic (exact) mass is 212 g/mol. The molecule has 1 rings (SSSR count). The fourth-order valence-corrected chi connectivity index (χ4v) is 2.34. The molecule has 0 N–H and O–H groups in total. The van der Waals surface area contributed by atoms with E-state index in [-0.39, 0.29) is 0 Å². The third kappa shape index (κ3) is 4.96. The molecule has 0 saturated heterocycles. The normalized spacial score (nSPS) is 27.6. The highest BCUT2D eigenvalue weighted by Gasteiger charge is 2.21. The van der Waals surface area contributed by atoms with Crippen LogP contribution in [0.2, 0.25) is 0 Å². The lowest BCUT2D eigenvalue weighted by Crippen LogP contribution is -1.96. The van der Waals surface area contributed by atoms with Crippen molar-refractivity contribution in [1.29, 1.82) is 0 Å². The molecule has 3 unspecified atom stereocenters. The number of rotatable bonds is 2. The standard InChI is InChI=1S/C11H19P.C2H6/c1-3-4-5-9(2)10-6-7-11(12)8-10;1-2/h3-5,10-11H,6-8,12H2,1-2H3;1-2H3/b4-3-,9-5+;. The summed E-state index contributed by atoms with van der Waals surface area (Å²) in [7, 11) is 2.94. The maximum atomic E-state index is 2.94. The van der Waals surface area contributed by atoms with Crippen LogP contribution in [0.4, 0.5) is 0 Å². The van der Waals surface area contributed by atoms with E-state index >= 15 is 0 Å². The van der Waals surface area contributed by atoms with E-state index in [1.165, 1.54) is 19.3 Å². The molecule has 3 atom stereocenters. The van der Waals surface area contributed by atoms with Gasteiger partial charge in [-0.05, 0) is 44.7 Å². The highest BCUT2D eigenvalue weighted by Crippen LogP contribution is 2.35. The predicted molar refractivity (Wildman–Crippen MR) is 70.8 cm³/mol. The Morgan fingerprint density at radius 3 is 2.36 bits per heavy atom. The first kappa shape index (κ1) is 13.9. The van der Waals surface area contributed by atoms with Crippen molar-refractivity contribution in [2.75, 3.05) is 0 Å². The minimum atomic E-state index is 0.851. The van der Waals surface area contributed by atoms with Crippen molar-refractivity contribution >= 4 is 9.24 Å². The van der Waals surface area contributed by atoms with Crippen LogP contribution >= 0.6 is 9.24 Å². The van der Waals surface area contributed by atoms with E-state index in [0.717, 1.165) is 11.6 Å². The van der Waals surface area contributed by atoms with Gasteiger partial charge >= 0.3 is 0 Å². The van der Waals surface area contributed by atoms with Gasteiger partial charge in [-0.15, -0.1) is 9.24 Å². The smallest absolute Gasteiger partial charge is 0.0197 e. The van der Waals surface area contributed by atoms with Gasteiger partial charge < -0.3 is 0 Å². The summed E-state index contributed by atoms with van der Waals surface area (Å²) in [5, 5.41) is 0. The quantitative estimate of drug-likeness (QED) is 0.464. The van der Waals surface area contributed by atoms with Gasteiger partial charge in [-0.3, -0.25) is 0 Å². The zero-order valence-electron chi connectivity index (χ0n) is 10.1. The van der Waals surface area contributed by atoms with Gasteiger partial charge in [0.15, 0.2) is 0 Å². The summed E-state index contributed by atoms with van der Waals surface area (Å²) in [5.41, 5.74) is 2.42. The van der Waals surface area contributed by atoms with Crippen molar-refractivity contribution < 1.29 is 0 Å². The molecule has 82 valence electrons. The van der Waals surface area contributed by atoms with Gasteiger partial charge in [0.2, 0.25) is 0 Å². The maximum Gasteiger partial charge on any atom is -0.0197 e. The summed E-state index contributed by atoms with van der Waals surface area (Å²) in [6.07, 6.45) is 10.6. The first-order chi connectivity index (χ1) is 6.74. The first-order valence-corrected chi connectivity index (χ1v) is 6.45. The van der Waals surface area contributed by atoms with Crippen molar-refractivity contribution in [1.82, 2.24) is 0 Å². The minimum Gasteiger partial charge on any atom is -0.134 e. The van der Waals surface area contributed by atoms with Crippen LogP contribution in [-0.2, 0) is 0 Å². The van der Waals surface area contributed by atoms with Gasteiger partial charge in [-0.1, -0.05) is 37.6 Å². The average Bonchev–Trinajstić information content (AvgIpc) is 2.64. The Bertz CT molecular complexity index is 191. The molecule has 1 fully saturated rings. The molecule has 1 aliphatic rings. The molecule has 1 heteroatoms. The lowest BCUT2D eigenvalue weighted by atomic mass is 9.99. The second-order valence-corrected chi connectivity index (χ2v) is 4.65. The van der Waals surface area contributed by atoms with Crippen molar-refractivity contribution in [3.63, 3.8) is 0 Å². The SMILES string of the molecule is C/C=C\C=C(/C)C1CCC(P)C1.CC. The van der Waals surface area contributed by atoms with E-state index < -0.39 is 0 Å². The second kappa shape index (κ2) is 8.24. The Morgan fingerprint density at radius 1 is 1.29 bits per heavy atom. The van der Waals surface area contributed by atoms with Crippen LogP contribution in [0.1, 0.15) is 47.0 Å². The Morgan fingerprint density at radius 2 is 1.93 bits per heavy atom. The Balaban J connectivity index is 0.000000791. The lowest BCUT2D eigenvalue weighted by molar-refractivity contribution is 0.644. The minimum absolute atomic E-state index is 0.851. The molecule has 0 nitrogen and oxygen atoms in total. The van der Waals surface area contributed by atoms with Crippen LogP contribution in [-0.4, -0.2) is 5.66 Å². The third-order valence-corrected chi connectivity index (χ3v) is 3.27. The zero-order chi connectivity index (χ0) is 11.0. The Hall–Kier alpha value is -0.0900. The molecule has 0 aromatic rings. The second-order valence-electron chi connectivity index (χ2n) is 3.71. The van der Waals surface area contributed by atoms with Crippen LogP contribution in [0.15, 0.2) is 23.8 Å². The van der Waals surface area contributed by atoms with Gasteiger partial charge in [0, 0.05) is 0 Å². The molecule has 14 heavy (non-hydrogen) atoms. The molecular formula is C13H25P. The van der Waals surface area contributed by atoms with Crippen molar-refractivity contribution in [3.05, 3.63) is 23.8 Å². The average molecular weight is 212 g/mol. The van der Waals surface area contributed by atoms with Crippen LogP contribution in [0.5, 0.6) is 0 Å². The molecule has 0 aromatic heterocycles. The van der Waals surface area contributed by atoms with Gasteiger partial charge in [0.25, 0.3) is 0 Å². The molecule has 0 aliphatic heterocycles. The fourth-order valence-electron chi connectivity index (χ4n) is 1.81. The van der Waals surface area contributed by atoms with E-state index in [0.29, 0.717) is 0 Å². The van der Waals surface area contributed by atoms with Crippen LogP contribution in [0, 0.1) is 5.92 Å². The fraction of sp³-hybridized carbons (Fsp3) is 0.692. The number of hydrogen-bond acceptors (Lipinski definition) is 0. The van der Waals surface area contributed by atoms with Crippen LogP contribution in [0.3, 0.4) is 0 Å². The molecule has 0 heterocycles. The predicted octanol–water partition coefficient (Wildman–Crippen LogP) is 4.58. The van der Waals surface area contributed by atoms with Crippen LogP contribution in [0.25, 0.3) is 0 Å². The van der Waals surface area contributed by atoms with Gasteiger partial charge in [-0.2, -0.15) is 0 Å². The summed E-state index contributed by atoms with van der Waals surface area (Å²) in [6.45, 7) is 8.32. The molecule has 1 aliphatic carbocycles. The summed E-state index contributed by atoms with van der Waals surface area (Å²) >= 11 is 0. The molecule has 0 aromatic carbocycles. The van der Waals surface area contributed by atoms with E-state index in [1.54, 1.807) is 5.57 Å². The van der Waals surface area contributed by atoms with Gasteiger partial charge in [0.05, 0.1) is 0 Å². The Kier molecular flexibility index (Phi) is 8.18. The number of allylic oxidation sites excluding steroid dienone is 4. The van der Waals surface area contributed by atoms with E-state index in [4.69, 9.17) is 0 Å². The van der Waals surface area contributed by atoms with E-state index in [2.05, 4.69) is 41.3 Å². The molecule has 0 spiro atoms. The summed E-state index contributed by atoms with van der Waals surface area (Å²) < 4.78 is 0. The van der Waals surface area contributed by atoms with Crippen LogP contribution < -0.4 is 0 Å². The Labute approximate surface area is 92.1 Å². The maximum absolute atomic E-state index is 2.94. The van der Waals surface area contributed by atoms with Gasteiger partial charge in [-0.25, -0.2) is 0 Å². The summed E-state index contributed by atoms with van der Waals surface area (Å²) in [6, 6.07) is 0. The summed E-state index contributed by atoms with van der Waals surface area (Å²) in [5.74, 6) is 0.851. The molecule has 0 radical (unpaired) electrons. The molecule has 0 bridgehead atoms. The van der Waals surface area contributed by atoms with Crippen molar-refractivity contribution in [2.45, 2.75) is 52.6 Å². The third-order valence-electron chi connectivity index (χ3n) is 2.67. The van der Waals surface area contributed by atoms with E-state index in [9.17, 15) is 0 Å². The highest BCUT2D eigenvalue weighted by molar-refractivity contribution is 7.17. The van der Waals surface area contributed by atoms with E-state index in [1.807, 2.05) is 13.8 Å². The molecule has 0 amide bonds. The topological polar surface area (TPSA) is 0 Å². The van der Waals surface area contributed by atoms with Gasteiger partial charge in [0.1, 0.15) is 0 Å². The highest BCUT2D eigenvalue weighted by atomic mass is 31.0. The first-order valence-electron chi connectivity index (χ1n) is 5.79. The lowest BCUT2D eigenvalue weighted by Gasteiger charge is -2.08. The zero-order valence-corrected chi connectivity index (χ0v) is 11.2. The number of hydrogen-bond donors (Lipinski definition) is 0. The van der Waals surface area contributed by atoms with Crippen molar-refractivity contribution in [2.24, 2.45) is 5.92 Å².